The molecule has 0 spiro atoms. The summed E-state index contributed by atoms with van der Waals surface area (Å²) >= 11 is 1.56. The zero-order valence-electron chi connectivity index (χ0n) is 12.1. The molecule has 21 heavy (non-hydrogen) atoms. The van der Waals surface area contributed by atoms with E-state index in [2.05, 4.69) is 16.8 Å². The lowest BCUT2D eigenvalue weighted by Gasteiger charge is -2.16. The van der Waals surface area contributed by atoms with Crippen molar-refractivity contribution in [3.05, 3.63) is 51.5 Å². The van der Waals surface area contributed by atoms with Gasteiger partial charge in [0.1, 0.15) is 5.69 Å². The van der Waals surface area contributed by atoms with Crippen molar-refractivity contribution in [3.8, 4) is 11.8 Å². The molecule has 0 bridgehead atoms. The minimum atomic E-state index is -0.0751. The van der Waals surface area contributed by atoms with E-state index in [-0.39, 0.29) is 5.91 Å². The van der Waals surface area contributed by atoms with Crippen LogP contribution in [0.3, 0.4) is 0 Å². The Morgan fingerprint density at radius 2 is 2.33 bits per heavy atom. The zero-order valence-corrected chi connectivity index (χ0v) is 12.9. The summed E-state index contributed by atoms with van der Waals surface area (Å²) in [6.45, 7) is 2.78. The topological polar surface area (TPSA) is 59.2 Å². The largest absolute Gasteiger partial charge is 0.336 e. The molecule has 2 rings (SSSR count). The van der Waals surface area contributed by atoms with Crippen molar-refractivity contribution >= 4 is 17.2 Å². The van der Waals surface area contributed by atoms with Gasteiger partial charge in [-0.25, -0.2) is 0 Å². The predicted molar refractivity (Wildman–Crippen MR) is 85.0 cm³/mol. The Balaban J connectivity index is 2.07. The van der Waals surface area contributed by atoms with Crippen LogP contribution in [0.15, 0.2) is 29.8 Å². The molecule has 108 valence electrons. The lowest BCUT2D eigenvalue weighted by Crippen LogP contribution is -2.27. The highest BCUT2D eigenvalue weighted by Crippen LogP contribution is 2.16. The van der Waals surface area contributed by atoms with Crippen molar-refractivity contribution in [2.75, 3.05) is 13.6 Å². The van der Waals surface area contributed by atoms with Gasteiger partial charge in [0.15, 0.2) is 0 Å². The van der Waals surface area contributed by atoms with Crippen LogP contribution >= 0.6 is 11.3 Å². The van der Waals surface area contributed by atoms with E-state index in [0.29, 0.717) is 18.8 Å². The molecule has 0 saturated carbocycles. The number of aryl methyl sites for hydroxylation is 1. The molecule has 0 fully saturated rings. The summed E-state index contributed by atoms with van der Waals surface area (Å²) in [6.07, 6.45) is 1.64. The Morgan fingerprint density at radius 1 is 1.52 bits per heavy atom. The molecule has 2 aromatic heterocycles. The molecule has 0 radical (unpaired) electrons. The van der Waals surface area contributed by atoms with Gasteiger partial charge in [-0.2, -0.15) is 0 Å². The molecule has 2 aromatic rings. The maximum absolute atomic E-state index is 12.4. The van der Waals surface area contributed by atoms with Gasteiger partial charge in [0.2, 0.25) is 0 Å². The summed E-state index contributed by atoms with van der Waals surface area (Å²) < 4.78 is 0. The van der Waals surface area contributed by atoms with E-state index in [1.165, 1.54) is 0 Å². The predicted octanol–water partition coefficient (Wildman–Crippen LogP) is 2.03. The molecule has 4 nitrogen and oxygen atoms in total. The van der Waals surface area contributed by atoms with E-state index in [1.807, 2.05) is 30.5 Å². The normalized spacial score (nSPS) is 9.86. The number of hydrogen-bond acceptors (Lipinski definition) is 4. The van der Waals surface area contributed by atoms with Crippen molar-refractivity contribution in [1.29, 1.82) is 0 Å². The minimum Gasteiger partial charge on any atom is -0.336 e. The average Bonchev–Trinajstić information content (AvgIpc) is 2.92. The molecular formula is C16H17N3OS. The number of amides is 1. The van der Waals surface area contributed by atoms with Crippen LogP contribution in [0.2, 0.25) is 0 Å². The molecule has 1 amide bonds. The third-order valence-corrected chi connectivity index (χ3v) is 3.84. The van der Waals surface area contributed by atoms with Gasteiger partial charge in [0.25, 0.3) is 5.91 Å². The molecule has 0 aliphatic rings. The first kappa shape index (κ1) is 15.2. The highest BCUT2D eigenvalue weighted by atomic mass is 32.1. The van der Waals surface area contributed by atoms with Crippen LogP contribution in [0.1, 0.15) is 26.5 Å². The number of hydrogen-bond donors (Lipinski definition) is 1. The van der Waals surface area contributed by atoms with Crippen LogP contribution in [0, 0.1) is 18.8 Å². The van der Waals surface area contributed by atoms with Crippen molar-refractivity contribution < 1.29 is 4.79 Å². The van der Waals surface area contributed by atoms with Gasteiger partial charge in [-0.1, -0.05) is 17.9 Å². The number of carbonyl (C=O) groups excluding carboxylic acids is 1. The maximum atomic E-state index is 12.4. The summed E-state index contributed by atoms with van der Waals surface area (Å²) in [7, 11) is 1.78. The second-order valence-corrected chi connectivity index (χ2v) is 5.57. The third-order valence-electron chi connectivity index (χ3n) is 2.95. The van der Waals surface area contributed by atoms with Crippen LogP contribution in [0.4, 0.5) is 0 Å². The smallest absolute Gasteiger partial charge is 0.272 e. The Labute approximate surface area is 128 Å². The summed E-state index contributed by atoms with van der Waals surface area (Å²) in [5.74, 6) is 5.75. The number of thiophene rings is 1. The van der Waals surface area contributed by atoms with Gasteiger partial charge in [-0.05, 0) is 35.6 Å². The highest BCUT2D eigenvalue weighted by Gasteiger charge is 2.15. The zero-order chi connectivity index (χ0) is 15.2. The first-order valence-electron chi connectivity index (χ1n) is 6.55. The summed E-state index contributed by atoms with van der Waals surface area (Å²) in [5.41, 5.74) is 7.80. The second-order valence-electron chi connectivity index (χ2n) is 4.66. The van der Waals surface area contributed by atoms with Gasteiger partial charge >= 0.3 is 0 Å². The molecular weight excluding hydrogens is 282 g/mol. The molecule has 2 heterocycles. The Morgan fingerprint density at radius 3 is 3.05 bits per heavy atom. The van der Waals surface area contributed by atoms with E-state index < -0.39 is 0 Å². The fourth-order valence-corrected chi connectivity index (χ4v) is 2.67. The number of carbonyl (C=O) groups is 1. The number of nitrogens with two attached hydrogens (primary N) is 1. The van der Waals surface area contributed by atoms with Gasteiger partial charge in [0, 0.05) is 19.8 Å². The number of rotatable bonds is 3. The number of aromatic nitrogens is 1. The highest BCUT2D eigenvalue weighted by molar-refractivity contribution is 7.10. The van der Waals surface area contributed by atoms with E-state index in [0.717, 1.165) is 16.0 Å². The van der Waals surface area contributed by atoms with Gasteiger partial charge in [0.05, 0.1) is 11.4 Å². The van der Waals surface area contributed by atoms with E-state index in [4.69, 9.17) is 5.73 Å². The molecule has 0 aliphatic carbocycles. The van der Waals surface area contributed by atoms with Crippen molar-refractivity contribution in [3.63, 3.8) is 0 Å². The standard InChI is InChI=1S/C16H17N3OS/c1-12-5-4-8-18-15(12)16(20)19(2)10-13-9-14(21-11-13)6-3-7-17/h4-5,8-9,11H,7,10,17H2,1-2H3. The fourth-order valence-electron chi connectivity index (χ4n) is 1.90. The Hall–Kier alpha value is -2.16. The molecule has 0 aromatic carbocycles. The van der Waals surface area contributed by atoms with Crippen molar-refractivity contribution in [2.45, 2.75) is 13.5 Å². The first-order valence-corrected chi connectivity index (χ1v) is 7.43. The third kappa shape index (κ3) is 3.91. The van der Waals surface area contributed by atoms with Gasteiger partial charge in [-0.15, -0.1) is 11.3 Å². The molecule has 0 unspecified atom stereocenters. The Kier molecular flexibility index (Phi) is 5.09. The fraction of sp³-hybridized carbons (Fsp3) is 0.250. The van der Waals surface area contributed by atoms with E-state index in [9.17, 15) is 4.79 Å². The van der Waals surface area contributed by atoms with Crippen molar-refractivity contribution in [1.82, 2.24) is 9.88 Å². The maximum Gasteiger partial charge on any atom is 0.272 e. The van der Waals surface area contributed by atoms with Crippen LogP contribution in [0.25, 0.3) is 0 Å². The van der Waals surface area contributed by atoms with Crippen molar-refractivity contribution in [2.24, 2.45) is 5.73 Å². The quantitative estimate of drug-likeness (QED) is 0.882. The summed E-state index contributed by atoms with van der Waals surface area (Å²) in [5, 5.41) is 2.01. The van der Waals surface area contributed by atoms with Crippen LogP contribution < -0.4 is 5.73 Å². The van der Waals surface area contributed by atoms with Crippen LogP contribution in [-0.4, -0.2) is 29.4 Å². The SMILES string of the molecule is Cc1cccnc1C(=O)N(C)Cc1csc(C#CCN)c1. The molecule has 0 aliphatic heterocycles. The lowest BCUT2D eigenvalue weighted by atomic mass is 10.2. The number of nitrogens with zero attached hydrogens (tertiary/aromatic N) is 2. The van der Waals surface area contributed by atoms with Crippen LogP contribution in [0.5, 0.6) is 0 Å². The van der Waals surface area contributed by atoms with Gasteiger partial charge < -0.3 is 10.6 Å². The second kappa shape index (κ2) is 7.02. The monoisotopic (exact) mass is 299 g/mol. The summed E-state index contributed by atoms with van der Waals surface area (Å²) in [6, 6.07) is 5.70. The minimum absolute atomic E-state index is 0.0751. The first-order chi connectivity index (χ1) is 10.1. The van der Waals surface area contributed by atoms with Crippen LogP contribution in [-0.2, 0) is 6.54 Å². The average molecular weight is 299 g/mol. The molecule has 2 N–H and O–H groups in total. The summed E-state index contributed by atoms with van der Waals surface area (Å²) in [4.78, 5) is 19.2. The van der Waals surface area contributed by atoms with Gasteiger partial charge in [-0.3, -0.25) is 9.78 Å². The van der Waals surface area contributed by atoms with E-state index >= 15 is 0 Å². The molecule has 5 heteroatoms. The molecule has 0 saturated heterocycles. The lowest BCUT2D eigenvalue weighted by molar-refractivity contribution is 0.0778. The van der Waals surface area contributed by atoms with E-state index in [1.54, 1.807) is 29.5 Å². The number of pyridine rings is 1. The Bertz CT molecular complexity index is 697. The molecule has 0 atom stereocenters.